The molecule has 0 saturated carbocycles. The van der Waals surface area contributed by atoms with E-state index < -0.39 is 0 Å². The molecule has 0 spiro atoms. The molecule has 0 bridgehead atoms. The maximum absolute atomic E-state index is 3.62. The van der Waals surface area contributed by atoms with Gasteiger partial charge in [0.15, 0.2) is 0 Å². The largest absolute Gasteiger partial charge is 0.309 e. The van der Waals surface area contributed by atoms with Crippen molar-refractivity contribution in [2.24, 2.45) is 0 Å². The van der Waals surface area contributed by atoms with Gasteiger partial charge in [0.05, 0.1) is 0 Å². The monoisotopic (exact) mass is 183 g/mol. The molecule has 0 aliphatic carbocycles. The average molecular weight is 183 g/mol. The summed E-state index contributed by atoms with van der Waals surface area (Å²) in [7, 11) is 0. The van der Waals surface area contributed by atoms with Crippen LogP contribution < -0.4 is 5.32 Å². The lowest BCUT2D eigenvalue weighted by molar-refractivity contribution is 0.763. The topological polar surface area (TPSA) is 12.0 Å². The van der Waals surface area contributed by atoms with Crippen molar-refractivity contribution < 1.29 is 0 Å². The Morgan fingerprint density at radius 1 is 1.58 bits per heavy atom. The molecule has 0 aromatic carbocycles. The van der Waals surface area contributed by atoms with Gasteiger partial charge in [-0.1, -0.05) is 19.9 Å². The molecule has 0 radical (unpaired) electrons. The van der Waals surface area contributed by atoms with Crippen molar-refractivity contribution in [1.82, 2.24) is 5.32 Å². The van der Waals surface area contributed by atoms with Crippen LogP contribution in [0.25, 0.3) is 0 Å². The third-order valence-corrected chi connectivity index (χ3v) is 1.93. The van der Waals surface area contributed by atoms with Crippen LogP contribution in [0.3, 0.4) is 0 Å². The van der Waals surface area contributed by atoms with E-state index in [2.05, 4.69) is 28.7 Å². The van der Waals surface area contributed by atoms with Crippen molar-refractivity contribution in [3.63, 3.8) is 0 Å². The molecular weight excluding hydrogens is 166 g/mol. The van der Waals surface area contributed by atoms with Gasteiger partial charge in [-0.25, -0.2) is 0 Å². The van der Waals surface area contributed by atoms with Gasteiger partial charge in [-0.3, -0.25) is 0 Å². The fraction of sp³-hybridized carbons (Fsp3) is 0.400. The van der Waals surface area contributed by atoms with Crippen LogP contribution in [0.5, 0.6) is 0 Å². The van der Waals surface area contributed by atoms with E-state index in [-0.39, 0.29) is 0 Å². The standard InChI is InChI=1S/C8H11NS.C2H6/c1-2-4-9-6-8-3-5-10-7-8;1-2/h2-3,5,7,9H,1,4,6H2;1-2H3. The maximum atomic E-state index is 3.62. The number of thiophene rings is 1. The average Bonchev–Trinajstić information content (AvgIpc) is 2.61. The summed E-state index contributed by atoms with van der Waals surface area (Å²) in [5, 5.41) is 7.46. The second kappa shape index (κ2) is 8.50. The molecule has 1 N–H and O–H groups in total. The maximum Gasteiger partial charge on any atom is 0.0216 e. The minimum atomic E-state index is 0.885. The lowest BCUT2D eigenvalue weighted by Gasteiger charge is -1.96. The molecular formula is C10H17NS. The summed E-state index contributed by atoms with van der Waals surface area (Å²) < 4.78 is 0. The smallest absolute Gasteiger partial charge is 0.0216 e. The van der Waals surface area contributed by atoms with Crippen molar-refractivity contribution in [1.29, 1.82) is 0 Å². The molecule has 1 nitrogen and oxygen atoms in total. The highest BCUT2D eigenvalue weighted by molar-refractivity contribution is 7.07. The molecule has 12 heavy (non-hydrogen) atoms. The number of hydrogen-bond donors (Lipinski definition) is 1. The summed E-state index contributed by atoms with van der Waals surface area (Å²) in [5.74, 6) is 0. The van der Waals surface area contributed by atoms with Gasteiger partial charge >= 0.3 is 0 Å². The summed E-state index contributed by atoms with van der Waals surface area (Å²) in [6.07, 6.45) is 1.87. The van der Waals surface area contributed by atoms with Crippen molar-refractivity contribution in [2.75, 3.05) is 6.54 Å². The minimum Gasteiger partial charge on any atom is -0.309 e. The normalized spacial score (nSPS) is 8.50. The predicted octanol–water partition coefficient (Wildman–Crippen LogP) is 3.05. The molecule has 1 heterocycles. The van der Waals surface area contributed by atoms with E-state index >= 15 is 0 Å². The Bertz CT molecular complexity index is 180. The van der Waals surface area contributed by atoms with Gasteiger partial charge in [0.25, 0.3) is 0 Å². The molecule has 1 aromatic rings. The van der Waals surface area contributed by atoms with Crippen LogP contribution in [0.2, 0.25) is 0 Å². The van der Waals surface area contributed by atoms with Gasteiger partial charge in [0.1, 0.15) is 0 Å². The van der Waals surface area contributed by atoms with Crippen LogP contribution >= 0.6 is 11.3 Å². The van der Waals surface area contributed by atoms with E-state index in [1.54, 1.807) is 11.3 Å². The van der Waals surface area contributed by atoms with E-state index in [1.807, 2.05) is 19.9 Å². The molecule has 0 saturated heterocycles. The molecule has 68 valence electrons. The van der Waals surface area contributed by atoms with E-state index in [1.165, 1.54) is 5.56 Å². The summed E-state index contributed by atoms with van der Waals surface area (Å²) in [4.78, 5) is 0. The number of hydrogen-bond acceptors (Lipinski definition) is 2. The molecule has 1 aromatic heterocycles. The summed E-state index contributed by atoms with van der Waals surface area (Å²) in [6, 6.07) is 2.13. The molecule has 2 heteroatoms. The van der Waals surface area contributed by atoms with E-state index in [0.717, 1.165) is 13.1 Å². The molecule has 0 aliphatic rings. The first-order valence-electron chi connectivity index (χ1n) is 4.26. The predicted molar refractivity (Wildman–Crippen MR) is 57.6 cm³/mol. The Balaban J connectivity index is 0.000000561. The fourth-order valence-electron chi connectivity index (χ4n) is 0.712. The molecule has 0 fully saturated rings. The van der Waals surface area contributed by atoms with Crippen molar-refractivity contribution in [3.05, 3.63) is 35.0 Å². The first kappa shape index (κ1) is 11.4. The van der Waals surface area contributed by atoms with E-state index in [9.17, 15) is 0 Å². The Morgan fingerprint density at radius 2 is 2.33 bits per heavy atom. The zero-order valence-corrected chi connectivity index (χ0v) is 8.66. The van der Waals surface area contributed by atoms with Gasteiger partial charge < -0.3 is 5.32 Å². The van der Waals surface area contributed by atoms with Crippen LogP contribution in [0.15, 0.2) is 29.5 Å². The van der Waals surface area contributed by atoms with Crippen LogP contribution in [0.1, 0.15) is 19.4 Å². The van der Waals surface area contributed by atoms with Crippen LogP contribution in [-0.2, 0) is 6.54 Å². The van der Waals surface area contributed by atoms with E-state index in [0.29, 0.717) is 0 Å². The van der Waals surface area contributed by atoms with Crippen molar-refractivity contribution in [2.45, 2.75) is 20.4 Å². The Hall–Kier alpha value is -0.600. The van der Waals surface area contributed by atoms with Crippen molar-refractivity contribution >= 4 is 11.3 Å². The minimum absolute atomic E-state index is 0.885. The SMILES string of the molecule is C=CCNCc1ccsc1.CC. The molecule has 0 unspecified atom stereocenters. The first-order valence-corrected chi connectivity index (χ1v) is 5.20. The zero-order valence-electron chi connectivity index (χ0n) is 7.84. The second-order valence-electron chi connectivity index (χ2n) is 2.05. The molecule has 0 atom stereocenters. The second-order valence-corrected chi connectivity index (χ2v) is 2.83. The Kier molecular flexibility index (Phi) is 8.07. The molecule has 0 amide bonds. The van der Waals surface area contributed by atoms with Gasteiger partial charge in [-0.05, 0) is 22.4 Å². The van der Waals surface area contributed by atoms with Crippen LogP contribution in [-0.4, -0.2) is 6.54 Å². The Labute approximate surface area is 79.1 Å². The number of nitrogens with one attached hydrogen (secondary N) is 1. The highest BCUT2D eigenvalue weighted by Gasteiger charge is 1.88. The number of rotatable bonds is 4. The lowest BCUT2D eigenvalue weighted by Crippen LogP contribution is -2.11. The fourth-order valence-corrected chi connectivity index (χ4v) is 1.38. The highest BCUT2D eigenvalue weighted by atomic mass is 32.1. The van der Waals surface area contributed by atoms with Gasteiger partial charge in [0.2, 0.25) is 0 Å². The summed E-state index contributed by atoms with van der Waals surface area (Å²) >= 11 is 1.73. The third-order valence-electron chi connectivity index (χ3n) is 1.20. The quantitative estimate of drug-likeness (QED) is 0.559. The van der Waals surface area contributed by atoms with E-state index in [4.69, 9.17) is 0 Å². The molecule has 1 rings (SSSR count). The summed E-state index contributed by atoms with van der Waals surface area (Å²) in [5.41, 5.74) is 1.35. The highest BCUT2D eigenvalue weighted by Crippen LogP contribution is 2.04. The molecule has 0 aliphatic heterocycles. The zero-order chi connectivity index (χ0) is 9.23. The Morgan fingerprint density at radius 3 is 2.83 bits per heavy atom. The first-order chi connectivity index (χ1) is 5.93. The van der Waals surface area contributed by atoms with Gasteiger partial charge in [0, 0.05) is 13.1 Å². The lowest BCUT2D eigenvalue weighted by atomic mass is 10.3. The van der Waals surface area contributed by atoms with Crippen LogP contribution in [0.4, 0.5) is 0 Å². The van der Waals surface area contributed by atoms with Gasteiger partial charge in [-0.15, -0.1) is 6.58 Å². The van der Waals surface area contributed by atoms with Crippen LogP contribution in [0, 0.1) is 0 Å². The van der Waals surface area contributed by atoms with Gasteiger partial charge in [-0.2, -0.15) is 11.3 Å². The van der Waals surface area contributed by atoms with Crippen molar-refractivity contribution in [3.8, 4) is 0 Å². The summed E-state index contributed by atoms with van der Waals surface area (Å²) in [6.45, 7) is 9.46. The third kappa shape index (κ3) is 5.10.